The van der Waals surface area contributed by atoms with Crippen LogP contribution in [-0.2, 0) is 16.4 Å². The molecule has 0 amide bonds. The Morgan fingerprint density at radius 1 is 1.07 bits per heavy atom. The van der Waals surface area contributed by atoms with E-state index in [1.807, 2.05) is 0 Å². The van der Waals surface area contributed by atoms with Gasteiger partial charge in [0.15, 0.2) is 0 Å². The third-order valence-corrected chi connectivity index (χ3v) is 6.03. The molecule has 1 fully saturated rings. The third-order valence-electron chi connectivity index (χ3n) is 4.49. The molecule has 0 aliphatic carbocycles. The summed E-state index contributed by atoms with van der Waals surface area (Å²) in [6.45, 7) is 3.63. The minimum Gasteiger partial charge on any atom is -0.352 e. The number of alkyl halides is 3. The minimum atomic E-state index is -5.44. The van der Waals surface area contributed by atoms with Gasteiger partial charge < -0.3 is 10.2 Å². The van der Waals surface area contributed by atoms with Crippen LogP contribution in [0.25, 0.3) is 0 Å². The Morgan fingerprint density at radius 3 is 2.48 bits per heavy atom. The van der Waals surface area contributed by atoms with E-state index in [4.69, 9.17) is 0 Å². The van der Waals surface area contributed by atoms with Gasteiger partial charge >= 0.3 is 5.51 Å². The predicted octanol–water partition coefficient (Wildman–Crippen LogP) is 3.41. The Bertz CT molecular complexity index is 874. The summed E-state index contributed by atoms with van der Waals surface area (Å²) in [5.74, 6) is 0. The third kappa shape index (κ3) is 4.62. The molecule has 1 aliphatic heterocycles. The number of likely N-dealkylation sites (tertiary alicyclic amines) is 1. The Balaban J connectivity index is 1.71. The highest BCUT2D eigenvalue weighted by Gasteiger charge is 2.47. The van der Waals surface area contributed by atoms with Crippen LogP contribution in [0.3, 0.4) is 0 Å². The van der Waals surface area contributed by atoms with Crippen molar-refractivity contribution in [3.8, 4) is 0 Å². The van der Waals surface area contributed by atoms with Crippen molar-refractivity contribution in [1.82, 2.24) is 14.7 Å². The molecule has 6 nitrogen and oxygen atoms in total. The molecule has 0 unspecified atom stereocenters. The molecule has 1 aromatic carbocycles. The molecule has 27 heavy (non-hydrogen) atoms. The van der Waals surface area contributed by atoms with E-state index in [0.717, 1.165) is 25.7 Å². The average molecular weight is 402 g/mol. The first-order valence-corrected chi connectivity index (χ1v) is 10.2. The maximum atomic E-state index is 12.9. The summed E-state index contributed by atoms with van der Waals surface area (Å²) in [6, 6.07) is 4.96. The van der Waals surface area contributed by atoms with Crippen LogP contribution in [0.1, 0.15) is 19.3 Å². The normalized spacial score (nSPS) is 16.4. The second kappa shape index (κ2) is 7.89. The van der Waals surface area contributed by atoms with Gasteiger partial charge in [0.2, 0.25) is 0 Å². The maximum Gasteiger partial charge on any atom is 0.501 e. The smallest absolute Gasteiger partial charge is 0.352 e. The Labute approximate surface area is 155 Å². The van der Waals surface area contributed by atoms with E-state index < -0.39 is 20.2 Å². The van der Waals surface area contributed by atoms with Crippen molar-refractivity contribution >= 4 is 21.2 Å². The van der Waals surface area contributed by atoms with Gasteiger partial charge in [0.25, 0.3) is 9.84 Å². The van der Waals surface area contributed by atoms with E-state index in [1.165, 1.54) is 43.7 Å². The van der Waals surface area contributed by atoms with E-state index in [0.29, 0.717) is 12.2 Å². The summed E-state index contributed by atoms with van der Waals surface area (Å²) >= 11 is 0. The fourth-order valence-corrected chi connectivity index (χ4v) is 3.98. The van der Waals surface area contributed by atoms with E-state index in [1.54, 1.807) is 10.9 Å². The van der Waals surface area contributed by atoms with Gasteiger partial charge in [-0.3, -0.25) is 4.68 Å². The van der Waals surface area contributed by atoms with Crippen LogP contribution in [0, 0.1) is 0 Å². The molecule has 0 radical (unpaired) electrons. The van der Waals surface area contributed by atoms with E-state index in [2.05, 4.69) is 15.3 Å². The fraction of sp³-hybridized carbons (Fsp3) is 0.471. The monoisotopic (exact) mass is 402 g/mol. The van der Waals surface area contributed by atoms with Gasteiger partial charge in [-0.05, 0) is 38.1 Å². The van der Waals surface area contributed by atoms with Crippen LogP contribution < -0.4 is 5.32 Å². The predicted molar refractivity (Wildman–Crippen MR) is 95.5 cm³/mol. The van der Waals surface area contributed by atoms with Crippen LogP contribution in [0.2, 0.25) is 0 Å². The lowest BCUT2D eigenvalue weighted by molar-refractivity contribution is -0.0435. The SMILES string of the molecule is O=S(=O)(c1ccccc1Nc1cnn(CCN2CCCCC2)c1)C(F)(F)F. The number of para-hydroxylation sites is 1. The van der Waals surface area contributed by atoms with Gasteiger partial charge in [-0.1, -0.05) is 18.6 Å². The number of nitrogens with zero attached hydrogens (tertiary/aromatic N) is 3. The standard InChI is InChI=1S/C17H21F3N4O2S/c18-17(19,20)27(25,26)16-7-3-2-6-15(16)22-14-12-21-24(13-14)11-10-23-8-4-1-5-9-23/h2-3,6-7,12-13,22H,1,4-5,8-11H2. The largest absolute Gasteiger partial charge is 0.501 e. The van der Waals surface area contributed by atoms with Crippen LogP contribution in [0.5, 0.6) is 0 Å². The molecule has 3 rings (SSSR count). The zero-order chi connectivity index (χ0) is 19.5. The van der Waals surface area contributed by atoms with Gasteiger partial charge in [-0.2, -0.15) is 18.3 Å². The summed E-state index contributed by atoms with van der Waals surface area (Å²) in [6.07, 6.45) is 6.76. The number of sulfone groups is 1. The molecule has 1 aromatic heterocycles. The molecule has 0 spiro atoms. The molecule has 1 aliphatic rings. The zero-order valence-corrected chi connectivity index (χ0v) is 15.4. The summed E-state index contributed by atoms with van der Waals surface area (Å²) in [5.41, 5.74) is -5.06. The first kappa shape index (κ1) is 19.7. The molecule has 2 aromatic rings. The molecule has 0 saturated carbocycles. The number of hydrogen-bond donors (Lipinski definition) is 1. The number of piperidine rings is 1. The van der Waals surface area contributed by atoms with Gasteiger partial charge in [-0.25, -0.2) is 8.42 Å². The molecule has 148 valence electrons. The highest BCUT2D eigenvalue weighted by molar-refractivity contribution is 7.92. The first-order chi connectivity index (χ1) is 12.8. The van der Waals surface area contributed by atoms with Crippen LogP contribution in [-0.4, -0.2) is 48.2 Å². The number of anilines is 2. The fourth-order valence-electron chi connectivity index (χ4n) is 3.06. The second-order valence-corrected chi connectivity index (χ2v) is 8.37. The summed E-state index contributed by atoms with van der Waals surface area (Å²) in [7, 11) is -5.44. The van der Waals surface area contributed by atoms with E-state index in [9.17, 15) is 21.6 Å². The van der Waals surface area contributed by atoms with Crippen molar-refractivity contribution in [3.05, 3.63) is 36.7 Å². The Morgan fingerprint density at radius 2 is 1.78 bits per heavy atom. The van der Waals surface area contributed by atoms with Crippen molar-refractivity contribution in [3.63, 3.8) is 0 Å². The number of hydrogen-bond acceptors (Lipinski definition) is 5. The Hall–Kier alpha value is -2.07. The molecule has 0 bridgehead atoms. The molecule has 0 atom stereocenters. The van der Waals surface area contributed by atoms with Crippen molar-refractivity contribution in [1.29, 1.82) is 0 Å². The van der Waals surface area contributed by atoms with Crippen LogP contribution >= 0.6 is 0 Å². The van der Waals surface area contributed by atoms with Crippen molar-refractivity contribution < 1.29 is 21.6 Å². The van der Waals surface area contributed by atoms with E-state index in [-0.39, 0.29) is 5.69 Å². The second-order valence-electron chi connectivity index (χ2n) is 6.46. The van der Waals surface area contributed by atoms with Crippen LogP contribution in [0.4, 0.5) is 24.5 Å². The lowest BCUT2D eigenvalue weighted by atomic mass is 10.1. The van der Waals surface area contributed by atoms with Crippen molar-refractivity contribution in [2.75, 3.05) is 25.0 Å². The van der Waals surface area contributed by atoms with E-state index >= 15 is 0 Å². The van der Waals surface area contributed by atoms with Gasteiger partial charge in [-0.15, -0.1) is 0 Å². The van der Waals surface area contributed by atoms with Crippen molar-refractivity contribution in [2.45, 2.75) is 36.2 Å². The molecular formula is C17H21F3N4O2S. The molecule has 1 N–H and O–H groups in total. The number of aromatic nitrogens is 2. The van der Waals surface area contributed by atoms with Crippen LogP contribution in [0.15, 0.2) is 41.6 Å². The van der Waals surface area contributed by atoms with Crippen molar-refractivity contribution in [2.24, 2.45) is 0 Å². The quantitative estimate of drug-likeness (QED) is 0.802. The zero-order valence-electron chi connectivity index (χ0n) is 14.6. The highest BCUT2D eigenvalue weighted by atomic mass is 32.2. The number of halogens is 3. The summed E-state index contributed by atoms with van der Waals surface area (Å²) in [5, 5.41) is 6.93. The van der Waals surface area contributed by atoms with Gasteiger partial charge in [0.05, 0.1) is 29.0 Å². The lowest BCUT2D eigenvalue weighted by Crippen LogP contribution is -2.32. The summed E-state index contributed by atoms with van der Waals surface area (Å²) < 4.78 is 63.9. The highest BCUT2D eigenvalue weighted by Crippen LogP contribution is 2.35. The number of rotatable bonds is 6. The number of benzene rings is 1. The summed E-state index contributed by atoms with van der Waals surface area (Å²) in [4.78, 5) is 1.54. The number of nitrogens with one attached hydrogen (secondary N) is 1. The van der Waals surface area contributed by atoms with Gasteiger partial charge in [0.1, 0.15) is 0 Å². The molecule has 10 heteroatoms. The molecule has 1 saturated heterocycles. The topological polar surface area (TPSA) is 67.2 Å². The lowest BCUT2D eigenvalue weighted by Gasteiger charge is -2.26. The minimum absolute atomic E-state index is 0.134. The maximum absolute atomic E-state index is 12.9. The average Bonchev–Trinajstić information content (AvgIpc) is 3.08. The molecule has 2 heterocycles. The van der Waals surface area contributed by atoms with Gasteiger partial charge in [0, 0.05) is 12.7 Å². The first-order valence-electron chi connectivity index (χ1n) is 8.69. The Kier molecular flexibility index (Phi) is 5.75. The molecular weight excluding hydrogens is 381 g/mol.